The maximum absolute atomic E-state index is 13.3. The van der Waals surface area contributed by atoms with E-state index in [9.17, 15) is 9.59 Å². The van der Waals surface area contributed by atoms with E-state index in [4.69, 9.17) is 10.5 Å². The monoisotopic (exact) mass is 458 g/mol. The van der Waals surface area contributed by atoms with Crippen LogP contribution in [-0.4, -0.2) is 66.0 Å². The van der Waals surface area contributed by atoms with Crippen LogP contribution in [0.4, 0.5) is 0 Å². The van der Waals surface area contributed by atoms with Gasteiger partial charge in [0.15, 0.2) is 0 Å². The maximum Gasteiger partial charge on any atom is 0.243 e. The van der Waals surface area contributed by atoms with E-state index in [1.165, 1.54) is 5.56 Å². The Bertz CT molecular complexity index is 774. The summed E-state index contributed by atoms with van der Waals surface area (Å²) >= 11 is 0. The van der Waals surface area contributed by atoms with Crippen LogP contribution < -0.4 is 15.8 Å². The van der Waals surface area contributed by atoms with Crippen LogP contribution in [0.5, 0.6) is 5.75 Å². The molecule has 0 radical (unpaired) electrons. The zero-order valence-corrected chi connectivity index (χ0v) is 20.8. The van der Waals surface area contributed by atoms with Crippen molar-refractivity contribution in [2.45, 2.75) is 90.0 Å². The molecule has 2 amide bonds. The minimum atomic E-state index is -0.414. The van der Waals surface area contributed by atoms with Crippen molar-refractivity contribution < 1.29 is 14.3 Å². The highest BCUT2D eigenvalue weighted by atomic mass is 16.5. The average molecular weight is 459 g/mol. The number of hydrogen-bond donors (Lipinski definition) is 2. The van der Waals surface area contributed by atoms with Crippen molar-refractivity contribution in [3.05, 3.63) is 29.8 Å². The smallest absolute Gasteiger partial charge is 0.243 e. The number of rotatable bonds is 8. The zero-order valence-electron chi connectivity index (χ0n) is 20.8. The summed E-state index contributed by atoms with van der Waals surface area (Å²) in [4.78, 5) is 29.9. The molecular formula is C26H42N4O3. The van der Waals surface area contributed by atoms with Gasteiger partial charge in [0.1, 0.15) is 11.8 Å². The molecule has 1 heterocycles. The molecule has 7 nitrogen and oxygen atoms in total. The Labute approximate surface area is 199 Å². The largest absolute Gasteiger partial charge is 0.497 e. The van der Waals surface area contributed by atoms with Crippen LogP contribution >= 0.6 is 0 Å². The Balaban J connectivity index is 1.71. The number of ether oxygens (including phenoxy) is 1. The molecule has 1 saturated heterocycles. The number of benzene rings is 1. The summed E-state index contributed by atoms with van der Waals surface area (Å²) in [6.07, 6.45) is 5.27. The first-order chi connectivity index (χ1) is 15.8. The molecule has 1 aliphatic carbocycles. The molecule has 0 aromatic heterocycles. The summed E-state index contributed by atoms with van der Waals surface area (Å²) in [6, 6.07) is 8.44. The maximum atomic E-state index is 13.3. The number of amides is 2. The predicted octanol–water partition coefficient (Wildman–Crippen LogP) is 2.92. The van der Waals surface area contributed by atoms with Gasteiger partial charge in [0.05, 0.1) is 7.11 Å². The third-order valence-corrected chi connectivity index (χ3v) is 7.06. The highest BCUT2D eigenvalue weighted by Crippen LogP contribution is 2.26. The molecule has 0 spiro atoms. The Kier molecular flexibility index (Phi) is 9.15. The number of carbonyl (C=O) groups is 2. The molecule has 1 unspecified atom stereocenters. The van der Waals surface area contributed by atoms with Gasteiger partial charge >= 0.3 is 0 Å². The standard InChI is InChI=1S/C26H42N4O3/c1-18(2)16-29(17-20-5-11-24(33-4)12-6-20)23-13-14-30(19(3)31)25(15-23)26(32)28-22-9-7-21(27)8-10-22/h5-6,11-12,18,21-23,25H,7-10,13-17,27H2,1-4H3,(H,28,32)/t21?,22?,23?,25-/m1/s1. The summed E-state index contributed by atoms with van der Waals surface area (Å²) in [5.74, 6) is 1.33. The summed E-state index contributed by atoms with van der Waals surface area (Å²) in [6.45, 7) is 8.41. The van der Waals surface area contributed by atoms with Crippen molar-refractivity contribution in [3.63, 3.8) is 0 Å². The van der Waals surface area contributed by atoms with E-state index in [2.05, 4.69) is 36.2 Å². The Morgan fingerprint density at radius 1 is 1.15 bits per heavy atom. The fourth-order valence-electron chi connectivity index (χ4n) is 5.24. The summed E-state index contributed by atoms with van der Waals surface area (Å²) < 4.78 is 5.30. The van der Waals surface area contributed by atoms with Crippen molar-refractivity contribution in [2.24, 2.45) is 11.7 Å². The lowest BCUT2D eigenvalue weighted by Crippen LogP contribution is -2.58. The predicted molar refractivity (Wildman–Crippen MR) is 131 cm³/mol. The molecule has 184 valence electrons. The van der Waals surface area contributed by atoms with Gasteiger partial charge in [-0.3, -0.25) is 14.5 Å². The van der Waals surface area contributed by atoms with E-state index < -0.39 is 6.04 Å². The number of nitrogens with zero attached hydrogens (tertiary/aromatic N) is 2. The van der Waals surface area contributed by atoms with Crippen LogP contribution in [0.3, 0.4) is 0 Å². The number of likely N-dealkylation sites (tertiary alicyclic amines) is 1. The molecule has 1 saturated carbocycles. The van der Waals surface area contributed by atoms with Crippen LogP contribution in [0.15, 0.2) is 24.3 Å². The minimum absolute atomic E-state index is 0.00989. The van der Waals surface area contributed by atoms with Crippen LogP contribution in [0, 0.1) is 5.92 Å². The summed E-state index contributed by atoms with van der Waals surface area (Å²) in [5.41, 5.74) is 7.25. The third kappa shape index (κ3) is 7.18. The SMILES string of the molecule is COc1ccc(CN(CC(C)C)C2CCN(C(C)=O)[C@@H](C(=O)NC3CCC(N)CC3)C2)cc1. The minimum Gasteiger partial charge on any atom is -0.497 e. The van der Waals surface area contributed by atoms with E-state index in [0.717, 1.165) is 50.9 Å². The van der Waals surface area contributed by atoms with Crippen LogP contribution in [0.2, 0.25) is 0 Å². The molecule has 3 N–H and O–H groups in total. The van der Waals surface area contributed by atoms with Crippen molar-refractivity contribution >= 4 is 11.8 Å². The quantitative estimate of drug-likeness (QED) is 0.625. The van der Waals surface area contributed by atoms with E-state index in [0.29, 0.717) is 18.9 Å². The van der Waals surface area contributed by atoms with Gasteiger partial charge in [-0.15, -0.1) is 0 Å². The Morgan fingerprint density at radius 2 is 1.82 bits per heavy atom. The van der Waals surface area contributed by atoms with Gasteiger partial charge in [0.2, 0.25) is 11.8 Å². The number of hydrogen-bond acceptors (Lipinski definition) is 5. The number of nitrogens with one attached hydrogen (secondary N) is 1. The molecular weight excluding hydrogens is 416 g/mol. The van der Waals surface area contributed by atoms with Gasteiger partial charge in [-0.05, 0) is 62.1 Å². The van der Waals surface area contributed by atoms with Crippen molar-refractivity contribution in [3.8, 4) is 5.75 Å². The molecule has 33 heavy (non-hydrogen) atoms. The fourth-order valence-corrected chi connectivity index (χ4v) is 5.24. The van der Waals surface area contributed by atoms with Crippen LogP contribution in [-0.2, 0) is 16.1 Å². The van der Waals surface area contributed by atoms with Gasteiger partial charge < -0.3 is 20.7 Å². The van der Waals surface area contributed by atoms with Gasteiger partial charge in [0.25, 0.3) is 0 Å². The number of carbonyl (C=O) groups excluding carboxylic acids is 2. The van der Waals surface area contributed by atoms with Gasteiger partial charge in [-0.25, -0.2) is 0 Å². The van der Waals surface area contributed by atoms with E-state index in [1.807, 2.05) is 12.1 Å². The number of nitrogens with two attached hydrogens (primary N) is 1. The highest BCUT2D eigenvalue weighted by molar-refractivity contribution is 5.87. The average Bonchev–Trinajstić information content (AvgIpc) is 2.80. The molecule has 3 rings (SSSR count). The van der Waals surface area contributed by atoms with Crippen LogP contribution in [0.25, 0.3) is 0 Å². The molecule has 2 atom stereocenters. The molecule has 0 bridgehead atoms. The second kappa shape index (κ2) is 11.8. The highest BCUT2D eigenvalue weighted by Gasteiger charge is 2.38. The normalized spacial score (nSPS) is 25.8. The first-order valence-electron chi connectivity index (χ1n) is 12.5. The third-order valence-electron chi connectivity index (χ3n) is 7.06. The Morgan fingerprint density at radius 3 is 2.39 bits per heavy atom. The van der Waals surface area contributed by atoms with Gasteiger partial charge in [0, 0.05) is 44.7 Å². The van der Waals surface area contributed by atoms with Gasteiger partial charge in [-0.2, -0.15) is 0 Å². The van der Waals surface area contributed by atoms with Crippen LogP contribution in [0.1, 0.15) is 64.9 Å². The lowest BCUT2D eigenvalue weighted by atomic mass is 9.90. The topological polar surface area (TPSA) is 87.9 Å². The second-order valence-corrected chi connectivity index (χ2v) is 10.2. The summed E-state index contributed by atoms with van der Waals surface area (Å²) in [7, 11) is 1.68. The lowest BCUT2D eigenvalue weighted by molar-refractivity contribution is -0.142. The number of methoxy groups -OCH3 is 1. The van der Waals surface area contributed by atoms with Crippen molar-refractivity contribution in [2.75, 3.05) is 20.2 Å². The molecule has 1 aromatic carbocycles. The first kappa shape index (κ1) is 25.5. The number of piperidine rings is 1. The van der Waals surface area contributed by atoms with E-state index >= 15 is 0 Å². The van der Waals surface area contributed by atoms with Crippen molar-refractivity contribution in [1.29, 1.82) is 0 Å². The Hall–Kier alpha value is -2.12. The molecule has 1 aromatic rings. The molecule has 2 aliphatic rings. The zero-order chi connectivity index (χ0) is 24.0. The van der Waals surface area contributed by atoms with E-state index in [1.54, 1.807) is 18.9 Å². The summed E-state index contributed by atoms with van der Waals surface area (Å²) in [5, 5.41) is 3.24. The fraction of sp³-hybridized carbons (Fsp3) is 0.692. The molecule has 1 aliphatic heterocycles. The molecule has 7 heteroatoms. The second-order valence-electron chi connectivity index (χ2n) is 10.2. The van der Waals surface area contributed by atoms with E-state index in [-0.39, 0.29) is 29.9 Å². The van der Waals surface area contributed by atoms with Crippen molar-refractivity contribution in [1.82, 2.24) is 15.1 Å². The molecule has 2 fully saturated rings. The van der Waals surface area contributed by atoms with Gasteiger partial charge in [-0.1, -0.05) is 26.0 Å². The first-order valence-corrected chi connectivity index (χ1v) is 12.5. The lowest BCUT2D eigenvalue weighted by Gasteiger charge is -2.43.